The van der Waals surface area contributed by atoms with Crippen molar-refractivity contribution in [2.45, 2.75) is 33.5 Å². The minimum absolute atomic E-state index is 0.170. The number of ether oxygens (including phenoxy) is 1. The van der Waals surface area contributed by atoms with E-state index in [9.17, 15) is 4.79 Å². The van der Waals surface area contributed by atoms with Gasteiger partial charge in [-0.25, -0.2) is 9.48 Å². The standard InChI is InChI=1S/C12H18N6O2/c1-3-17-7-9(6-14-17)8-18-10(5-13)11(15-16-18)12(19)20-4-2/h6-7H,3-5,8,13H2,1-2H3. The Morgan fingerprint density at radius 3 is 2.85 bits per heavy atom. The van der Waals surface area contributed by atoms with Crippen LogP contribution in [0.2, 0.25) is 0 Å². The normalized spacial score (nSPS) is 10.8. The molecular weight excluding hydrogens is 260 g/mol. The molecule has 2 heterocycles. The van der Waals surface area contributed by atoms with Gasteiger partial charge in [-0.15, -0.1) is 5.10 Å². The van der Waals surface area contributed by atoms with E-state index >= 15 is 0 Å². The first-order chi connectivity index (χ1) is 9.69. The zero-order chi connectivity index (χ0) is 14.5. The molecule has 0 aromatic carbocycles. The van der Waals surface area contributed by atoms with Gasteiger partial charge in [-0.1, -0.05) is 5.21 Å². The van der Waals surface area contributed by atoms with E-state index in [1.165, 1.54) is 0 Å². The number of hydrogen-bond acceptors (Lipinski definition) is 6. The molecule has 0 unspecified atom stereocenters. The lowest BCUT2D eigenvalue weighted by molar-refractivity contribution is 0.0518. The number of nitrogens with zero attached hydrogens (tertiary/aromatic N) is 5. The zero-order valence-corrected chi connectivity index (χ0v) is 11.6. The van der Waals surface area contributed by atoms with Gasteiger partial charge in [0.25, 0.3) is 0 Å². The van der Waals surface area contributed by atoms with Gasteiger partial charge in [-0.3, -0.25) is 4.68 Å². The van der Waals surface area contributed by atoms with Crippen LogP contribution < -0.4 is 5.73 Å². The summed E-state index contributed by atoms with van der Waals surface area (Å²) >= 11 is 0. The highest BCUT2D eigenvalue weighted by Crippen LogP contribution is 2.09. The van der Waals surface area contributed by atoms with Crippen LogP contribution in [0, 0.1) is 0 Å². The van der Waals surface area contributed by atoms with Crippen molar-refractivity contribution < 1.29 is 9.53 Å². The largest absolute Gasteiger partial charge is 0.461 e. The first kappa shape index (κ1) is 14.2. The minimum atomic E-state index is -0.497. The second-order valence-corrected chi connectivity index (χ2v) is 4.17. The van der Waals surface area contributed by atoms with E-state index in [1.807, 2.05) is 17.8 Å². The zero-order valence-electron chi connectivity index (χ0n) is 11.6. The number of aromatic nitrogens is 5. The van der Waals surface area contributed by atoms with Crippen LogP contribution in [-0.2, 0) is 24.4 Å². The molecule has 0 radical (unpaired) electrons. The Bertz CT molecular complexity index is 589. The molecule has 108 valence electrons. The molecule has 20 heavy (non-hydrogen) atoms. The van der Waals surface area contributed by atoms with Crippen LogP contribution in [-0.4, -0.2) is 37.4 Å². The first-order valence-corrected chi connectivity index (χ1v) is 6.50. The predicted molar refractivity (Wildman–Crippen MR) is 70.9 cm³/mol. The molecular formula is C12H18N6O2. The van der Waals surface area contributed by atoms with Crippen molar-refractivity contribution >= 4 is 5.97 Å². The molecule has 0 aliphatic carbocycles. The van der Waals surface area contributed by atoms with Crippen LogP contribution in [0.25, 0.3) is 0 Å². The summed E-state index contributed by atoms with van der Waals surface area (Å²) in [7, 11) is 0. The summed E-state index contributed by atoms with van der Waals surface area (Å²) in [5, 5.41) is 12.0. The molecule has 0 amide bonds. The number of carbonyl (C=O) groups excluding carboxylic acids is 1. The van der Waals surface area contributed by atoms with Gasteiger partial charge in [0.05, 0.1) is 25.0 Å². The highest BCUT2D eigenvalue weighted by molar-refractivity contribution is 5.88. The third kappa shape index (κ3) is 2.85. The van der Waals surface area contributed by atoms with Gasteiger partial charge in [0.15, 0.2) is 5.69 Å². The number of hydrogen-bond donors (Lipinski definition) is 1. The highest BCUT2D eigenvalue weighted by atomic mass is 16.5. The first-order valence-electron chi connectivity index (χ1n) is 6.50. The summed E-state index contributed by atoms with van der Waals surface area (Å²) < 4.78 is 8.35. The van der Waals surface area contributed by atoms with E-state index in [4.69, 9.17) is 10.5 Å². The minimum Gasteiger partial charge on any atom is -0.461 e. The number of rotatable bonds is 6. The van der Waals surface area contributed by atoms with Gasteiger partial charge in [0, 0.05) is 24.8 Å². The molecule has 8 nitrogen and oxygen atoms in total. The molecule has 2 aromatic rings. The molecule has 0 saturated carbocycles. The van der Waals surface area contributed by atoms with Gasteiger partial charge < -0.3 is 10.5 Å². The van der Waals surface area contributed by atoms with Gasteiger partial charge in [0.2, 0.25) is 0 Å². The van der Waals surface area contributed by atoms with Crippen LogP contribution in [0.1, 0.15) is 35.6 Å². The summed E-state index contributed by atoms with van der Waals surface area (Å²) in [5.74, 6) is -0.497. The third-order valence-corrected chi connectivity index (χ3v) is 2.84. The quantitative estimate of drug-likeness (QED) is 0.756. The molecule has 0 fully saturated rings. The Balaban J connectivity index is 2.21. The fraction of sp³-hybridized carbons (Fsp3) is 0.500. The van der Waals surface area contributed by atoms with Crippen molar-refractivity contribution in [1.29, 1.82) is 0 Å². The third-order valence-electron chi connectivity index (χ3n) is 2.84. The SMILES string of the molecule is CCOC(=O)c1nnn(Cc2cnn(CC)c2)c1CN. The number of aryl methyl sites for hydroxylation is 1. The van der Waals surface area contributed by atoms with Crippen molar-refractivity contribution in [3.8, 4) is 0 Å². The summed E-state index contributed by atoms with van der Waals surface area (Å²) in [5.41, 5.74) is 7.40. The van der Waals surface area contributed by atoms with Crippen LogP contribution in [0.15, 0.2) is 12.4 Å². The highest BCUT2D eigenvalue weighted by Gasteiger charge is 2.19. The molecule has 8 heteroatoms. The fourth-order valence-corrected chi connectivity index (χ4v) is 1.85. The molecule has 2 N–H and O–H groups in total. The predicted octanol–water partition coefficient (Wildman–Crippen LogP) is 0.178. The maximum atomic E-state index is 11.7. The van der Waals surface area contributed by atoms with Crippen molar-refractivity contribution in [2.75, 3.05) is 6.61 Å². The lowest BCUT2D eigenvalue weighted by Crippen LogP contribution is -2.14. The van der Waals surface area contributed by atoms with Crippen molar-refractivity contribution in [2.24, 2.45) is 5.73 Å². The monoisotopic (exact) mass is 278 g/mol. The fourth-order valence-electron chi connectivity index (χ4n) is 1.85. The van der Waals surface area contributed by atoms with E-state index in [-0.39, 0.29) is 12.2 Å². The van der Waals surface area contributed by atoms with E-state index in [1.54, 1.807) is 17.8 Å². The summed E-state index contributed by atoms with van der Waals surface area (Å²) in [6.45, 7) is 5.48. The molecule has 2 aromatic heterocycles. The number of carbonyl (C=O) groups is 1. The Labute approximate surface area is 116 Å². The number of esters is 1. The van der Waals surface area contributed by atoms with Gasteiger partial charge in [-0.05, 0) is 13.8 Å². The number of nitrogens with two attached hydrogens (primary N) is 1. The Morgan fingerprint density at radius 2 is 2.25 bits per heavy atom. The van der Waals surface area contributed by atoms with Crippen molar-refractivity contribution in [3.05, 3.63) is 29.3 Å². The van der Waals surface area contributed by atoms with E-state index < -0.39 is 5.97 Å². The molecule has 0 spiro atoms. The van der Waals surface area contributed by atoms with Gasteiger partial charge in [0.1, 0.15) is 0 Å². The lowest BCUT2D eigenvalue weighted by Gasteiger charge is -2.04. The van der Waals surface area contributed by atoms with E-state index in [0.29, 0.717) is 18.8 Å². The average molecular weight is 278 g/mol. The lowest BCUT2D eigenvalue weighted by atomic mass is 10.3. The molecule has 0 atom stereocenters. The topological polar surface area (TPSA) is 101 Å². The molecule has 0 bridgehead atoms. The Hall–Kier alpha value is -2.22. The van der Waals surface area contributed by atoms with Crippen molar-refractivity contribution in [1.82, 2.24) is 24.8 Å². The van der Waals surface area contributed by atoms with Crippen LogP contribution in [0.4, 0.5) is 0 Å². The molecule has 0 saturated heterocycles. The van der Waals surface area contributed by atoms with Gasteiger partial charge in [-0.2, -0.15) is 5.10 Å². The summed E-state index contributed by atoms with van der Waals surface area (Å²) in [6.07, 6.45) is 3.68. The Morgan fingerprint density at radius 1 is 1.45 bits per heavy atom. The molecule has 0 aliphatic heterocycles. The van der Waals surface area contributed by atoms with E-state index in [0.717, 1.165) is 12.1 Å². The maximum absolute atomic E-state index is 11.7. The van der Waals surface area contributed by atoms with E-state index in [2.05, 4.69) is 15.4 Å². The average Bonchev–Trinajstić information content (AvgIpc) is 3.05. The maximum Gasteiger partial charge on any atom is 0.360 e. The van der Waals surface area contributed by atoms with Crippen LogP contribution in [0.3, 0.4) is 0 Å². The second kappa shape index (κ2) is 6.29. The van der Waals surface area contributed by atoms with Crippen molar-refractivity contribution in [3.63, 3.8) is 0 Å². The summed E-state index contributed by atoms with van der Waals surface area (Å²) in [4.78, 5) is 11.7. The van der Waals surface area contributed by atoms with Crippen LogP contribution in [0.5, 0.6) is 0 Å². The smallest absolute Gasteiger partial charge is 0.360 e. The van der Waals surface area contributed by atoms with Gasteiger partial charge >= 0.3 is 5.97 Å². The Kier molecular flexibility index (Phi) is 4.46. The summed E-state index contributed by atoms with van der Waals surface area (Å²) in [6, 6.07) is 0. The molecule has 2 rings (SSSR count). The van der Waals surface area contributed by atoms with Crippen LogP contribution >= 0.6 is 0 Å². The second-order valence-electron chi connectivity index (χ2n) is 4.17. The molecule has 0 aliphatic rings.